The van der Waals surface area contributed by atoms with Gasteiger partial charge in [-0.1, -0.05) is 29.4 Å². The van der Waals surface area contributed by atoms with Crippen molar-refractivity contribution >= 4 is 46.8 Å². The van der Waals surface area contributed by atoms with Crippen LogP contribution in [0.1, 0.15) is 38.3 Å². The molecule has 1 saturated heterocycles. The number of fused-ring (bicyclic) bond motifs is 1. The molecule has 2 N–H and O–H groups in total. The number of rotatable bonds is 10. The fourth-order valence-electron chi connectivity index (χ4n) is 2.92. The van der Waals surface area contributed by atoms with Crippen molar-refractivity contribution in [2.24, 2.45) is 5.16 Å². The Bertz CT molecular complexity index is 826. The summed E-state index contributed by atoms with van der Waals surface area (Å²) < 4.78 is 3.74. The first kappa shape index (κ1) is 21.2. The highest BCUT2D eigenvalue weighted by Gasteiger charge is 2.53. The summed E-state index contributed by atoms with van der Waals surface area (Å²) in [5, 5.41) is 20.7. The number of nitrogens with one attached hydrogen (secondary N) is 1. The molecule has 1 aromatic rings. The van der Waals surface area contributed by atoms with E-state index >= 15 is 0 Å². The molecule has 0 radical (unpaired) electrons. The van der Waals surface area contributed by atoms with E-state index in [1.165, 1.54) is 22.7 Å². The van der Waals surface area contributed by atoms with Gasteiger partial charge < -0.3 is 15.3 Å². The molecule has 29 heavy (non-hydrogen) atoms. The van der Waals surface area contributed by atoms with Gasteiger partial charge in [-0.3, -0.25) is 14.5 Å². The van der Waals surface area contributed by atoms with Crippen LogP contribution in [-0.4, -0.2) is 66.9 Å². The third-order valence-corrected chi connectivity index (χ3v) is 6.10. The molecule has 1 aromatic heterocycles. The minimum Gasteiger partial charge on any atom is -0.477 e. The second kappa shape index (κ2) is 9.83. The van der Waals surface area contributed by atoms with Crippen LogP contribution < -0.4 is 5.32 Å². The normalized spacial score (nSPS) is 21.1. The SMILES string of the molecule is CCCCCCO/N=C(/C(=O)NC1C(=O)N2C(C(=O)O)=CCS[C@H]12)c1csnn1. The summed E-state index contributed by atoms with van der Waals surface area (Å²) in [4.78, 5) is 42.9. The summed E-state index contributed by atoms with van der Waals surface area (Å²) >= 11 is 2.45. The molecule has 156 valence electrons. The zero-order valence-corrected chi connectivity index (χ0v) is 17.4. The standard InChI is InChI=1S/C17H21N5O5S2/c1-2-3-4-5-7-27-20-12(10-9-29-21-19-10)14(23)18-13-15(24)22-11(17(25)26)6-8-28-16(13)22/h6,9,13,16H,2-5,7-8H2,1H3,(H,18,23)(H,25,26)/b20-12+/t13?,16-/m1/s1. The molecule has 12 heteroatoms. The predicted molar refractivity (Wildman–Crippen MR) is 107 cm³/mol. The van der Waals surface area contributed by atoms with Crippen LogP contribution in [-0.2, 0) is 19.2 Å². The van der Waals surface area contributed by atoms with Gasteiger partial charge in [0.15, 0.2) is 5.71 Å². The first-order valence-corrected chi connectivity index (χ1v) is 11.1. The second-order valence-corrected chi connectivity index (χ2v) is 8.16. The average molecular weight is 440 g/mol. The number of oxime groups is 1. The molecule has 1 fully saturated rings. The van der Waals surface area contributed by atoms with Crippen molar-refractivity contribution in [2.75, 3.05) is 12.4 Å². The van der Waals surface area contributed by atoms with Crippen molar-refractivity contribution in [1.82, 2.24) is 19.8 Å². The first-order valence-electron chi connectivity index (χ1n) is 9.21. The third-order valence-electron chi connectivity index (χ3n) is 4.41. The van der Waals surface area contributed by atoms with E-state index in [0.29, 0.717) is 12.4 Å². The number of carboxylic acids is 1. The fourth-order valence-corrected chi connectivity index (χ4v) is 4.56. The molecule has 0 bridgehead atoms. The molecular weight excluding hydrogens is 418 g/mol. The summed E-state index contributed by atoms with van der Waals surface area (Å²) in [6.45, 7) is 2.48. The molecule has 2 atom stereocenters. The summed E-state index contributed by atoms with van der Waals surface area (Å²) in [6.07, 6.45) is 5.52. The van der Waals surface area contributed by atoms with Crippen molar-refractivity contribution in [3.05, 3.63) is 22.8 Å². The molecule has 0 spiro atoms. The summed E-state index contributed by atoms with van der Waals surface area (Å²) in [5.41, 5.74) is 0.139. The van der Waals surface area contributed by atoms with E-state index in [1.54, 1.807) is 5.38 Å². The largest absolute Gasteiger partial charge is 0.477 e. The van der Waals surface area contributed by atoms with E-state index in [-0.39, 0.29) is 17.1 Å². The van der Waals surface area contributed by atoms with Crippen molar-refractivity contribution < 1.29 is 24.3 Å². The molecular formula is C17H21N5O5S2. The van der Waals surface area contributed by atoms with Gasteiger partial charge in [0, 0.05) is 11.1 Å². The minimum atomic E-state index is -1.17. The minimum absolute atomic E-state index is 0.0581. The molecule has 1 unspecified atom stereocenters. The number of carbonyl (C=O) groups excluding carboxylic acids is 2. The fraction of sp³-hybridized carbons (Fsp3) is 0.529. The van der Waals surface area contributed by atoms with Gasteiger partial charge in [0.1, 0.15) is 29.4 Å². The zero-order chi connectivity index (χ0) is 20.8. The second-order valence-electron chi connectivity index (χ2n) is 6.40. The highest BCUT2D eigenvalue weighted by Crippen LogP contribution is 2.37. The number of aliphatic carboxylic acids is 1. The van der Waals surface area contributed by atoms with Gasteiger partial charge >= 0.3 is 5.97 Å². The summed E-state index contributed by atoms with van der Waals surface area (Å²) in [5.74, 6) is -1.81. The van der Waals surface area contributed by atoms with Crippen LogP contribution in [0.3, 0.4) is 0 Å². The topological polar surface area (TPSA) is 134 Å². The van der Waals surface area contributed by atoms with E-state index in [1.807, 2.05) is 0 Å². The monoisotopic (exact) mass is 439 g/mol. The number of nitrogens with zero attached hydrogens (tertiary/aromatic N) is 4. The maximum Gasteiger partial charge on any atom is 0.352 e. The molecule has 10 nitrogen and oxygen atoms in total. The number of hydrogen-bond acceptors (Lipinski definition) is 9. The highest BCUT2D eigenvalue weighted by atomic mass is 32.2. The number of hydrogen-bond donors (Lipinski definition) is 2. The van der Waals surface area contributed by atoms with Crippen LogP contribution in [0.5, 0.6) is 0 Å². The maximum absolute atomic E-state index is 12.8. The van der Waals surface area contributed by atoms with Gasteiger partial charge in [-0.15, -0.1) is 16.9 Å². The molecule has 2 aliphatic heterocycles. The molecule has 3 heterocycles. The van der Waals surface area contributed by atoms with Crippen LogP contribution in [0, 0.1) is 0 Å². The van der Waals surface area contributed by atoms with Crippen LogP contribution in [0.15, 0.2) is 22.3 Å². The molecule has 2 amide bonds. The number of β-lactam (4-membered cyclic amide) rings is 1. The van der Waals surface area contributed by atoms with E-state index in [0.717, 1.165) is 37.2 Å². The van der Waals surface area contributed by atoms with Crippen molar-refractivity contribution in [3.8, 4) is 0 Å². The van der Waals surface area contributed by atoms with Gasteiger partial charge in [-0.2, -0.15) is 0 Å². The lowest BCUT2D eigenvalue weighted by Gasteiger charge is -2.48. The Morgan fingerprint density at radius 2 is 2.24 bits per heavy atom. The Labute approximate surface area is 175 Å². The van der Waals surface area contributed by atoms with Crippen LogP contribution in [0.2, 0.25) is 0 Å². The quantitative estimate of drug-likeness (QED) is 0.240. The molecule has 3 rings (SSSR count). The van der Waals surface area contributed by atoms with E-state index in [9.17, 15) is 19.5 Å². The van der Waals surface area contributed by atoms with Crippen molar-refractivity contribution in [2.45, 2.75) is 44.0 Å². The van der Waals surface area contributed by atoms with Crippen molar-refractivity contribution in [1.29, 1.82) is 0 Å². The number of amides is 2. The Morgan fingerprint density at radius 1 is 1.41 bits per heavy atom. The number of carboxylic acid groups (broad SMARTS) is 1. The number of unbranched alkanes of at least 4 members (excludes halogenated alkanes) is 3. The predicted octanol–water partition coefficient (Wildman–Crippen LogP) is 1.21. The molecule has 0 aliphatic carbocycles. The van der Waals surface area contributed by atoms with Crippen molar-refractivity contribution in [3.63, 3.8) is 0 Å². The number of thioether (sulfide) groups is 1. The lowest BCUT2D eigenvalue weighted by atomic mass is 10.0. The highest BCUT2D eigenvalue weighted by molar-refractivity contribution is 8.00. The third kappa shape index (κ3) is 4.75. The average Bonchev–Trinajstić information content (AvgIpc) is 3.24. The summed E-state index contributed by atoms with van der Waals surface area (Å²) in [6, 6.07) is -0.836. The van der Waals surface area contributed by atoms with Gasteiger partial charge in [0.25, 0.3) is 11.8 Å². The molecule has 0 aromatic carbocycles. The van der Waals surface area contributed by atoms with Gasteiger partial charge in [-0.05, 0) is 30.5 Å². The summed E-state index contributed by atoms with van der Waals surface area (Å²) in [7, 11) is 0. The van der Waals surface area contributed by atoms with Gasteiger partial charge in [0.2, 0.25) is 0 Å². The van der Waals surface area contributed by atoms with Crippen LogP contribution in [0.4, 0.5) is 0 Å². The van der Waals surface area contributed by atoms with Gasteiger partial charge in [-0.25, -0.2) is 4.79 Å². The first-order chi connectivity index (χ1) is 14.0. The maximum atomic E-state index is 12.8. The Kier molecular flexibility index (Phi) is 7.20. The van der Waals surface area contributed by atoms with E-state index in [2.05, 4.69) is 27.0 Å². The smallest absolute Gasteiger partial charge is 0.352 e. The van der Waals surface area contributed by atoms with Crippen LogP contribution >= 0.6 is 23.3 Å². The molecule has 0 saturated carbocycles. The lowest BCUT2D eigenvalue weighted by molar-refractivity contribution is -0.150. The Morgan fingerprint density at radius 3 is 2.93 bits per heavy atom. The Hall–Kier alpha value is -2.47. The number of aromatic nitrogens is 2. The van der Waals surface area contributed by atoms with E-state index < -0.39 is 29.2 Å². The van der Waals surface area contributed by atoms with Gasteiger partial charge in [0.05, 0.1) is 0 Å². The zero-order valence-electron chi connectivity index (χ0n) is 15.7. The van der Waals surface area contributed by atoms with E-state index in [4.69, 9.17) is 4.84 Å². The lowest BCUT2D eigenvalue weighted by Crippen LogP contribution is -2.70. The van der Waals surface area contributed by atoms with Crippen LogP contribution in [0.25, 0.3) is 0 Å². The molecule has 2 aliphatic rings. The Balaban J connectivity index is 1.64. The number of carbonyl (C=O) groups is 3.